The Balaban J connectivity index is 1.88. The fraction of sp³-hybridized carbons (Fsp3) is 0.538. The molecule has 2 heteroatoms. The second-order valence-electron chi connectivity index (χ2n) is 4.46. The Morgan fingerprint density at radius 2 is 1.93 bits per heavy atom. The summed E-state index contributed by atoms with van der Waals surface area (Å²) in [6.07, 6.45) is 4.11. The van der Waals surface area contributed by atoms with Gasteiger partial charge < -0.3 is 5.32 Å². The number of hydrogen-bond donors (Lipinski definition) is 1. The van der Waals surface area contributed by atoms with E-state index in [2.05, 4.69) is 41.3 Å². The monoisotopic (exact) mass is 219 g/mol. The standard InChI is InChI=1S/C13H17NS/c1-2-5-12(11(4-1)10-6-7-10)13-14-8-3-9-15-13/h1-2,4-5,10,13-14H,3,6-9H2. The Labute approximate surface area is 95.6 Å². The molecule has 1 aromatic rings. The van der Waals surface area contributed by atoms with E-state index >= 15 is 0 Å². The Kier molecular flexibility index (Phi) is 2.72. The van der Waals surface area contributed by atoms with Crippen molar-refractivity contribution in [2.75, 3.05) is 12.3 Å². The van der Waals surface area contributed by atoms with Gasteiger partial charge in [-0.25, -0.2) is 0 Å². The minimum absolute atomic E-state index is 0.551. The van der Waals surface area contributed by atoms with Gasteiger partial charge in [-0.2, -0.15) is 0 Å². The summed E-state index contributed by atoms with van der Waals surface area (Å²) in [5.41, 5.74) is 3.15. The third-order valence-corrected chi connectivity index (χ3v) is 4.51. The zero-order valence-electron chi connectivity index (χ0n) is 8.91. The molecule has 0 radical (unpaired) electrons. The van der Waals surface area contributed by atoms with Gasteiger partial charge in [0.25, 0.3) is 0 Å². The van der Waals surface area contributed by atoms with E-state index in [1.165, 1.54) is 31.6 Å². The molecular formula is C13H17NS. The lowest BCUT2D eigenvalue weighted by Gasteiger charge is -2.25. The third-order valence-electron chi connectivity index (χ3n) is 3.23. The predicted molar refractivity (Wildman–Crippen MR) is 66.2 cm³/mol. The molecule has 0 amide bonds. The molecular weight excluding hydrogens is 202 g/mol. The van der Waals surface area contributed by atoms with Crippen molar-refractivity contribution < 1.29 is 0 Å². The van der Waals surface area contributed by atoms with Crippen molar-refractivity contribution in [2.45, 2.75) is 30.6 Å². The van der Waals surface area contributed by atoms with E-state index < -0.39 is 0 Å². The first-order valence-corrected chi connectivity index (χ1v) is 6.94. The van der Waals surface area contributed by atoms with Crippen molar-refractivity contribution in [1.82, 2.24) is 5.32 Å². The molecule has 1 heterocycles. The molecule has 2 fully saturated rings. The van der Waals surface area contributed by atoms with Crippen LogP contribution in [0.25, 0.3) is 0 Å². The maximum absolute atomic E-state index is 3.62. The highest BCUT2D eigenvalue weighted by atomic mass is 32.2. The Morgan fingerprint density at radius 3 is 2.60 bits per heavy atom. The van der Waals surface area contributed by atoms with Gasteiger partial charge in [-0.05, 0) is 48.6 Å². The molecule has 1 atom stereocenters. The van der Waals surface area contributed by atoms with Crippen LogP contribution >= 0.6 is 11.8 Å². The summed E-state index contributed by atoms with van der Waals surface area (Å²) in [6.45, 7) is 1.18. The number of hydrogen-bond acceptors (Lipinski definition) is 2. The van der Waals surface area contributed by atoms with Crippen LogP contribution in [0.15, 0.2) is 24.3 Å². The predicted octanol–water partition coefficient (Wildman–Crippen LogP) is 3.29. The first kappa shape index (κ1) is 9.73. The van der Waals surface area contributed by atoms with Crippen molar-refractivity contribution in [2.24, 2.45) is 0 Å². The lowest BCUT2D eigenvalue weighted by atomic mass is 10.0. The van der Waals surface area contributed by atoms with Gasteiger partial charge >= 0.3 is 0 Å². The highest BCUT2D eigenvalue weighted by Crippen LogP contribution is 2.44. The van der Waals surface area contributed by atoms with Crippen molar-refractivity contribution in [3.63, 3.8) is 0 Å². The average molecular weight is 219 g/mol. The molecule has 1 aromatic carbocycles. The summed E-state index contributed by atoms with van der Waals surface area (Å²) in [6, 6.07) is 9.00. The Hall–Kier alpha value is -0.470. The van der Waals surface area contributed by atoms with Crippen LogP contribution in [0.1, 0.15) is 41.7 Å². The zero-order valence-corrected chi connectivity index (χ0v) is 9.72. The molecule has 1 nitrogen and oxygen atoms in total. The highest BCUT2D eigenvalue weighted by Gasteiger charge is 2.28. The van der Waals surface area contributed by atoms with Gasteiger partial charge in [0, 0.05) is 0 Å². The zero-order chi connectivity index (χ0) is 10.1. The topological polar surface area (TPSA) is 12.0 Å². The van der Waals surface area contributed by atoms with Crippen molar-refractivity contribution in [3.05, 3.63) is 35.4 Å². The van der Waals surface area contributed by atoms with Crippen molar-refractivity contribution >= 4 is 11.8 Å². The lowest BCUT2D eigenvalue weighted by molar-refractivity contribution is 0.639. The fourth-order valence-electron chi connectivity index (χ4n) is 2.28. The molecule has 15 heavy (non-hydrogen) atoms. The van der Waals surface area contributed by atoms with E-state index in [0.717, 1.165) is 5.92 Å². The Bertz CT molecular complexity index is 340. The molecule has 3 rings (SSSR count). The van der Waals surface area contributed by atoms with Gasteiger partial charge in [0.15, 0.2) is 0 Å². The lowest BCUT2D eigenvalue weighted by Crippen LogP contribution is -2.25. The Morgan fingerprint density at radius 1 is 1.13 bits per heavy atom. The molecule has 0 aromatic heterocycles. The maximum atomic E-state index is 3.62. The second-order valence-corrected chi connectivity index (χ2v) is 5.67. The summed E-state index contributed by atoms with van der Waals surface area (Å²) in [5, 5.41) is 4.17. The van der Waals surface area contributed by atoms with Crippen LogP contribution in [0, 0.1) is 0 Å². The highest BCUT2D eigenvalue weighted by molar-refractivity contribution is 7.99. The van der Waals surface area contributed by atoms with Gasteiger partial charge in [0.1, 0.15) is 0 Å². The number of benzene rings is 1. The number of thioether (sulfide) groups is 1. The molecule has 1 aliphatic carbocycles. The summed E-state index contributed by atoms with van der Waals surface area (Å²) < 4.78 is 0. The van der Waals surface area contributed by atoms with Gasteiger partial charge in [-0.3, -0.25) is 0 Å². The van der Waals surface area contributed by atoms with E-state index in [9.17, 15) is 0 Å². The minimum atomic E-state index is 0.551. The molecule has 0 bridgehead atoms. The molecule has 1 unspecified atom stereocenters. The van der Waals surface area contributed by atoms with Crippen LogP contribution < -0.4 is 5.32 Å². The summed E-state index contributed by atoms with van der Waals surface area (Å²) in [5.74, 6) is 2.17. The third kappa shape index (κ3) is 2.06. The summed E-state index contributed by atoms with van der Waals surface area (Å²) >= 11 is 2.06. The van der Waals surface area contributed by atoms with Crippen molar-refractivity contribution in [3.8, 4) is 0 Å². The fourth-order valence-corrected chi connectivity index (χ4v) is 3.46. The van der Waals surface area contributed by atoms with Crippen LogP contribution in [0.2, 0.25) is 0 Å². The van der Waals surface area contributed by atoms with E-state index in [-0.39, 0.29) is 0 Å². The minimum Gasteiger partial charge on any atom is -0.302 e. The van der Waals surface area contributed by atoms with E-state index in [0.29, 0.717) is 5.37 Å². The van der Waals surface area contributed by atoms with Crippen LogP contribution in [0.4, 0.5) is 0 Å². The molecule has 1 N–H and O–H groups in total. The quantitative estimate of drug-likeness (QED) is 0.819. The first-order chi connectivity index (χ1) is 7.45. The molecule has 1 aliphatic heterocycles. The second kappa shape index (κ2) is 4.18. The average Bonchev–Trinajstić information content (AvgIpc) is 3.14. The number of rotatable bonds is 2. The van der Waals surface area contributed by atoms with Gasteiger partial charge in [0.05, 0.1) is 5.37 Å². The van der Waals surface area contributed by atoms with Crippen LogP contribution in [0.3, 0.4) is 0 Å². The van der Waals surface area contributed by atoms with Crippen molar-refractivity contribution in [1.29, 1.82) is 0 Å². The SMILES string of the molecule is c1ccc(C2NCCCS2)c(C2CC2)c1. The number of nitrogens with one attached hydrogen (secondary N) is 1. The largest absolute Gasteiger partial charge is 0.302 e. The molecule has 1 saturated heterocycles. The summed E-state index contributed by atoms with van der Waals surface area (Å²) in [4.78, 5) is 0. The van der Waals surface area contributed by atoms with Gasteiger partial charge in [0.2, 0.25) is 0 Å². The maximum Gasteiger partial charge on any atom is 0.0792 e. The van der Waals surface area contributed by atoms with E-state index in [1.807, 2.05) is 0 Å². The summed E-state index contributed by atoms with van der Waals surface area (Å²) in [7, 11) is 0. The van der Waals surface area contributed by atoms with Crippen LogP contribution in [0.5, 0.6) is 0 Å². The first-order valence-electron chi connectivity index (χ1n) is 5.89. The van der Waals surface area contributed by atoms with Crippen LogP contribution in [-0.2, 0) is 0 Å². The molecule has 80 valence electrons. The normalized spacial score (nSPS) is 26.5. The van der Waals surface area contributed by atoms with Gasteiger partial charge in [-0.1, -0.05) is 24.3 Å². The van der Waals surface area contributed by atoms with Gasteiger partial charge in [-0.15, -0.1) is 11.8 Å². The van der Waals surface area contributed by atoms with E-state index in [1.54, 1.807) is 11.1 Å². The molecule has 2 aliphatic rings. The van der Waals surface area contributed by atoms with Crippen LogP contribution in [-0.4, -0.2) is 12.3 Å². The molecule has 0 spiro atoms. The smallest absolute Gasteiger partial charge is 0.0792 e. The molecule has 1 saturated carbocycles. The van der Waals surface area contributed by atoms with E-state index in [4.69, 9.17) is 0 Å².